The van der Waals surface area contributed by atoms with Crippen LogP contribution in [0.2, 0.25) is 0 Å². The number of phenolic OH excluding ortho intramolecular Hbond substituents is 1. The first kappa shape index (κ1) is 30.7. The van der Waals surface area contributed by atoms with Crippen LogP contribution in [0.4, 0.5) is 0 Å². The number of carboxylic acids is 2. The molecule has 2 rings (SSSR count). The van der Waals surface area contributed by atoms with E-state index in [9.17, 15) is 39.3 Å². The molecule has 0 fully saturated rings. The van der Waals surface area contributed by atoms with Crippen LogP contribution >= 0.6 is 0 Å². The van der Waals surface area contributed by atoms with Gasteiger partial charge in [-0.1, -0.05) is 12.1 Å². The molecule has 3 amide bonds. The smallest absolute Gasteiger partial charge is 0.326 e. The fourth-order valence-electron chi connectivity index (χ4n) is 3.53. The Bertz CT molecular complexity index is 1140. The number of carboxylic acid groups (broad SMARTS) is 2. The number of hydrogen-bond donors (Lipinski definition) is 9. The first-order valence-corrected chi connectivity index (χ1v) is 11.9. The lowest BCUT2D eigenvalue weighted by Crippen LogP contribution is -2.60. The van der Waals surface area contributed by atoms with E-state index in [2.05, 4.69) is 25.9 Å². The molecule has 0 saturated heterocycles. The van der Waals surface area contributed by atoms with Crippen molar-refractivity contribution in [2.24, 2.45) is 5.73 Å². The Hall–Kier alpha value is -4.50. The van der Waals surface area contributed by atoms with Crippen molar-refractivity contribution in [3.05, 3.63) is 48.0 Å². The van der Waals surface area contributed by atoms with Crippen LogP contribution in [-0.4, -0.2) is 90.3 Å². The van der Waals surface area contributed by atoms with Crippen molar-refractivity contribution in [3.8, 4) is 5.75 Å². The van der Waals surface area contributed by atoms with Crippen LogP contribution in [0.3, 0.4) is 0 Å². The number of hydrogen-bond acceptors (Lipinski definition) is 9. The molecule has 5 atom stereocenters. The molecule has 0 radical (unpaired) electrons. The highest BCUT2D eigenvalue weighted by atomic mass is 16.4. The Morgan fingerprint density at radius 1 is 0.949 bits per heavy atom. The Balaban J connectivity index is 2.14. The molecule has 0 aliphatic heterocycles. The van der Waals surface area contributed by atoms with Crippen LogP contribution in [0.25, 0.3) is 0 Å². The molecule has 212 valence electrons. The normalized spacial score (nSPS) is 14.7. The van der Waals surface area contributed by atoms with Crippen LogP contribution in [-0.2, 0) is 36.8 Å². The number of imidazole rings is 1. The van der Waals surface area contributed by atoms with Gasteiger partial charge in [0.05, 0.1) is 18.5 Å². The van der Waals surface area contributed by atoms with E-state index in [0.29, 0.717) is 11.3 Å². The number of aliphatic hydroxyl groups excluding tert-OH is 1. The Morgan fingerprint density at radius 2 is 1.59 bits per heavy atom. The molecular weight excluding hydrogens is 516 g/mol. The zero-order chi connectivity index (χ0) is 29.1. The maximum Gasteiger partial charge on any atom is 0.326 e. The standard InChI is InChI=1S/C24H32N6O9/c1-12(31)20(30-21(35)16(25)8-13-2-4-15(32)5-3-13)23(37)29-18(9-14-10-26-11-27-14)22(36)28-17(24(38)39)6-7-19(33)34/h2-5,10-12,16-18,20,31-32H,6-9,25H2,1H3,(H,26,27)(H,28,36)(H,29,37)(H,30,35)(H,33,34)(H,38,39). The lowest BCUT2D eigenvalue weighted by atomic mass is 10.0. The van der Waals surface area contributed by atoms with E-state index in [-0.39, 0.29) is 18.6 Å². The molecule has 10 N–H and O–H groups in total. The number of nitrogens with one attached hydrogen (secondary N) is 4. The second kappa shape index (κ2) is 14.4. The number of aliphatic hydroxyl groups is 1. The van der Waals surface area contributed by atoms with E-state index in [4.69, 9.17) is 10.8 Å². The van der Waals surface area contributed by atoms with Gasteiger partial charge in [-0.2, -0.15) is 0 Å². The van der Waals surface area contributed by atoms with E-state index >= 15 is 0 Å². The summed E-state index contributed by atoms with van der Waals surface area (Å²) in [5.74, 6) is -5.33. The molecule has 1 aromatic heterocycles. The highest BCUT2D eigenvalue weighted by molar-refractivity contribution is 5.94. The van der Waals surface area contributed by atoms with Gasteiger partial charge in [0.1, 0.15) is 23.9 Å². The van der Waals surface area contributed by atoms with Crippen molar-refractivity contribution in [1.29, 1.82) is 0 Å². The molecule has 0 aliphatic carbocycles. The summed E-state index contributed by atoms with van der Waals surface area (Å²) in [4.78, 5) is 67.6. The molecule has 0 spiro atoms. The van der Waals surface area contributed by atoms with Gasteiger partial charge in [0, 0.05) is 24.7 Å². The number of nitrogens with zero attached hydrogens (tertiary/aromatic N) is 1. The molecule has 5 unspecified atom stereocenters. The molecule has 15 heteroatoms. The Morgan fingerprint density at radius 3 is 2.13 bits per heavy atom. The summed E-state index contributed by atoms with van der Waals surface area (Å²) in [5.41, 5.74) is 6.99. The maximum atomic E-state index is 13.1. The molecule has 2 aromatic rings. The van der Waals surface area contributed by atoms with Crippen molar-refractivity contribution in [3.63, 3.8) is 0 Å². The second-order valence-electron chi connectivity index (χ2n) is 8.88. The van der Waals surface area contributed by atoms with Crippen molar-refractivity contribution in [2.45, 2.75) is 62.9 Å². The van der Waals surface area contributed by atoms with E-state index in [1.165, 1.54) is 31.6 Å². The number of aromatic hydroxyl groups is 1. The van der Waals surface area contributed by atoms with Crippen LogP contribution in [0, 0.1) is 0 Å². The van der Waals surface area contributed by atoms with Crippen LogP contribution in [0.5, 0.6) is 5.75 Å². The third-order valence-electron chi connectivity index (χ3n) is 5.66. The fourth-order valence-corrected chi connectivity index (χ4v) is 3.53. The average Bonchev–Trinajstić information content (AvgIpc) is 3.38. The third kappa shape index (κ3) is 10.1. The summed E-state index contributed by atoms with van der Waals surface area (Å²) >= 11 is 0. The molecule has 1 heterocycles. The average molecular weight is 549 g/mol. The predicted molar refractivity (Wildman–Crippen MR) is 134 cm³/mol. The molecule has 1 aromatic carbocycles. The van der Waals surface area contributed by atoms with Gasteiger partial charge >= 0.3 is 11.9 Å². The largest absolute Gasteiger partial charge is 0.508 e. The number of aromatic nitrogens is 2. The Kier molecular flexibility index (Phi) is 11.4. The number of carbonyl (C=O) groups is 5. The van der Waals surface area contributed by atoms with Crippen LogP contribution < -0.4 is 21.7 Å². The summed E-state index contributed by atoms with van der Waals surface area (Å²) < 4.78 is 0. The first-order valence-electron chi connectivity index (χ1n) is 11.9. The lowest BCUT2D eigenvalue weighted by molar-refractivity contribution is -0.143. The van der Waals surface area contributed by atoms with Crippen LogP contribution in [0.1, 0.15) is 31.0 Å². The number of benzene rings is 1. The highest BCUT2D eigenvalue weighted by Gasteiger charge is 2.33. The topological polar surface area (TPSA) is 257 Å². The number of H-pyrrole nitrogens is 1. The quantitative estimate of drug-likeness (QED) is 0.118. The SMILES string of the molecule is CC(O)C(NC(=O)C(N)Cc1ccc(O)cc1)C(=O)NC(Cc1cnc[nH]1)C(=O)NC(CCC(=O)O)C(=O)O. The zero-order valence-electron chi connectivity index (χ0n) is 21.0. The predicted octanol–water partition coefficient (Wildman–Crippen LogP) is -1.99. The number of aromatic amines is 1. The zero-order valence-corrected chi connectivity index (χ0v) is 21.0. The number of nitrogens with two attached hydrogens (primary N) is 1. The molecule has 0 saturated carbocycles. The van der Waals surface area contributed by atoms with E-state index in [1.807, 2.05) is 0 Å². The van der Waals surface area contributed by atoms with Gasteiger partial charge in [-0.25, -0.2) is 9.78 Å². The number of amides is 3. The maximum absolute atomic E-state index is 13.1. The van der Waals surface area contributed by atoms with Gasteiger partial charge in [0.2, 0.25) is 17.7 Å². The van der Waals surface area contributed by atoms with Gasteiger partial charge in [-0.05, 0) is 37.5 Å². The van der Waals surface area contributed by atoms with Gasteiger partial charge in [0.25, 0.3) is 0 Å². The van der Waals surface area contributed by atoms with Gasteiger partial charge in [-0.3, -0.25) is 19.2 Å². The number of carbonyl (C=O) groups excluding carboxylic acids is 3. The number of phenols is 1. The van der Waals surface area contributed by atoms with Crippen molar-refractivity contribution in [1.82, 2.24) is 25.9 Å². The third-order valence-corrected chi connectivity index (χ3v) is 5.66. The minimum atomic E-state index is -1.54. The van der Waals surface area contributed by atoms with Crippen LogP contribution in [0.15, 0.2) is 36.8 Å². The number of rotatable bonds is 15. The summed E-state index contributed by atoms with van der Waals surface area (Å²) in [5, 5.41) is 44.8. The summed E-state index contributed by atoms with van der Waals surface area (Å²) in [7, 11) is 0. The minimum absolute atomic E-state index is 0.0351. The molecular formula is C24H32N6O9. The first-order chi connectivity index (χ1) is 18.4. The van der Waals surface area contributed by atoms with E-state index < -0.39 is 72.8 Å². The lowest BCUT2D eigenvalue weighted by Gasteiger charge is -2.26. The van der Waals surface area contributed by atoms with E-state index in [0.717, 1.165) is 0 Å². The fraction of sp³-hybridized carbons (Fsp3) is 0.417. The van der Waals surface area contributed by atoms with Gasteiger partial charge in [0.15, 0.2) is 0 Å². The highest BCUT2D eigenvalue weighted by Crippen LogP contribution is 2.11. The summed E-state index contributed by atoms with van der Waals surface area (Å²) in [6.45, 7) is 1.24. The minimum Gasteiger partial charge on any atom is -0.508 e. The Labute approximate surface area is 222 Å². The van der Waals surface area contributed by atoms with E-state index in [1.54, 1.807) is 12.1 Å². The van der Waals surface area contributed by atoms with Crippen molar-refractivity contribution < 1.29 is 44.4 Å². The number of aliphatic carboxylic acids is 2. The molecule has 0 aliphatic rings. The second-order valence-corrected chi connectivity index (χ2v) is 8.88. The monoisotopic (exact) mass is 548 g/mol. The summed E-state index contributed by atoms with van der Waals surface area (Å²) in [6.07, 6.45) is 0.284. The summed E-state index contributed by atoms with van der Waals surface area (Å²) in [6, 6.07) is 0.428. The van der Waals surface area contributed by atoms with Crippen molar-refractivity contribution >= 4 is 29.7 Å². The van der Waals surface area contributed by atoms with Crippen molar-refractivity contribution in [2.75, 3.05) is 0 Å². The molecule has 15 nitrogen and oxygen atoms in total. The molecule has 39 heavy (non-hydrogen) atoms. The molecule has 0 bridgehead atoms. The van der Waals surface area contributed by atoms with Gasteiger partial charge < -0.3 is 47.1 Å². The van der Waals surface area contributed by atoms with Gasteiger partial charge in [-0.15, -0.1) is 0 Å².